The molecule has 3 aliphatic rings. The predicted molar refractivity (Wildman–Crippen MR) is 221 cm³/mol. The summed E-state index contributed by atoms with van der Waals surface area (Å²) in [5, 5.41) is 10.6. The van der Waals surface area contributed by atoms with E-state index in [2.05, 4.69) is 36.1 Å². The summed E-state index contributed by atoms with van der Waals surface area (Å²) in [5.41, 5.74) is -0.723. The van der Waals surface area contributed by atoms with Crippen molar-refractivity contribution in [1.82, 2.24) is 25.1 Å². The van der Waals surface area contributed by atoms with Crippen LogP contribution in [0, 0.1) is 0 Å². The highest BCUT2D eigenvalue weighted by Crippen LogP contribution is 2.44. The highest BCUT2D eigenvalue weighted by Gasteiger charge is 2.39. The molecule has 1 aromatic heterocycles. The average molecular weight is 882 g/mol. The minimum absolute atomic E-state index is 0.0343. The normalized spacial score (nSPS) is 17.9. The van der Waals surface area contributed by atoms with E-state index in [-0.39, 0.29) is 91.2 Å². The number of nitrogens with one attached hydrogen (secondary N) is 4. The van der Waals surface area contributed by atoms with E-state index >= 15 is 0 Å². The van der Waals surface area contributed by atoms with Gasteiger partial charge in [0.25, 0.3) is 0 Å². The molecule has 3 aromatic carbocycles. The zero-order valence-corrected chi connectivity index (χ0v) is 34.3. The number of ketones is 1. The first-order chi connectivity index (χ1) is 30.0. The number of alkyl halides is 6. The number of carbonyl (C=O) groups excluding carboxylic acids is 4. The van der Waals surface area contributed by atoms with Gasteiger partial charge in [0.1, 0.15) is 23.2 Å². The van der Waals surface area contributed by atoms with Crippen molar-refractivity contribution < 1.29 is 50.3 Å². The lowest BCUT2D eigenvalue weighted by molar-refractivity contribution is -0.138. The molecule has 0 bridgehead atoms. The lowest BCUT2D eigenvalue weighted by Crippen LogP contribution is -2.52. The SMILES string of the molecule is COc1cc(N2CCN(C(=O)CN3CCC(c4ccc(NC5CCC(=O)NC5=O)cc4)CC3)CC2)c(C(F)(F)F)cc1Nc1ncc(C(F)(F)F)c(Nc2ccccc2C(C)=O)n1. The maximum atomic E-state index is 14.7. The fourth-order valence-corrected chi connectivity index (χ4v) is 8.01. The molecule has 0 saturated carbocycles. The number of benzene rings is 3. The van der Waals surface area contributed by atoms with Crippen molar-refractivity contribution in [3.8, 4) is 5.75 Å². The summed E-state index contributed by atoms with van der Waals surface area (Å²) in [6.07, 6.45) is -6.94. The molecular weight excluding hydrogens is 837 g/mol. The quantitative estimate of drug-likeness (QED) is 0.0660. The lowest BCUT2D eigenvalue weighted by atomic mass is 9.89. The lowest BCUT2D eigenvalue weighted by Gasteiger charge is -2.39. The van der Waals surface area contributed by atoms with E-state index in [0.29, 0.717) is 25.7 Å². The zero-order chi connectivity index (χ0) is 45.1. The van der Waals surface area contributed by atoms with Crippen molar-refractivity contribution in [2.75, 3.05) is 73.8 Å². The van der Waals surface area contributed by atoms with Crippen molar-refractivity contribution >= 4 is 58.0 Å². The van der Waals surface area contributed by atoms with Crippen LogP contribution >= 0.6 is 0 Å². The van der Waals surface area contributed by atoms with Crippen LogP contribution in [-0.2, 0) is 26.7 Å². The summed E-state index contributed by atoms with van der Waals surface area (Å²) in [7, 11) is 1.23. The Bertz CT molecular complexity index is 2350. The monoisotopic (exact) mass is 881 g/mol. The van der Waals surface area contributed by atoms with E-state index in [1.807, 2.05) is 24.3 Å². The van der Waals surface area contributed by atoms with Crippen LogP contribution in [0.1, 0.15) is 65.6 Å². The number of para-hydroxylation sites is 1. The Kier molecular flexibility index (Phi) is 13.1. The number of piperidine rings is 2. The van der Waals surface area contributed by atoms with E-state index in [1.54, 1.807) is 4.90 Å². The third kappa shape index (κ3) is 10.6. The first-order valence-corrected chi connectivity index (χ1v) is 20.3. The standard InChI is InChI=1S/C43H45F6N9O5/c1-25(59)29-5-3-4-6-32(29)52-39-31(43(47,48)49)23-50-41(55-39)53-34-21-30(42(44,45)46)35(22-36(34)63-2)57-17-19-58(20-18-57)38(61)24-56-15-13-27(14-16-56)26-7-9-28(10-8-26)51-33-11-12-37(60)54-40(33)62/h3-10,21-23,27,33,51H,11-20,24H2,1-2H3,(H,54,60,62)(H2,50,52,53,55). The minimum atomic E-state index is -4.92. The van der Waals surface area contributed by atoms with Gasteiger partial charge in [-0.05, 0) is 81.1 Å². The van der Waals surface area contributed by atoms with E-state index in [4.69, 9.17) is 4.74 Å². The largest absolute Gasteiger partial charge is 0.494 e. The van der Waals surface area contributed by atoms with Gasteiger partial charge in [-0.3, -0.25) is 29.4 Å². The van der Waals surface area contributed by atoms with E-state index < -0.39 is 47.1 Å². The molecule has 4 N–H and O–H groups in total. The van der Waals surface area contributed by atoms with Crippen molar-refractivity contribution in [3.63, 3.8) is 0 Å². The number of likely N-dealkylation sites (tertiary alicyclic amines) is 1. The Hall–Kier alpha value is -6.44. The van der Waals surface area contributed by atoms with E-state index in [9.17, 15) is 45.5 Å². The molecule has 4 aromatic rings. The summed E-state index contributed by atoms with van der Waals surface area (Å²) in [4.78, 5) is 62.0. The number of imide groups is 1. The molecule has 0 aliphatic carbocycles. The van der Waals surface area contributed by atoms with Gasteiger partial charge in [0.05, 0.1) is 36.3 Å². The highest BCUT2D eigenvalue weighted by atomic mass is 19.4. The number of hydrogen-bond acceptors (Lipinski definition) is 12. The molecule has 3 amide bonds. The summed E-state index contributed by atoms with van der Waals surface area (Å²) >= 11 is 0. The highest BCUT2D eigenvalue weighted by molar-refractivity contribution is 6.01. The van der Waals surface area contributed by atoms with Crippen LogP contribution in [0.2, 0.25) is 0 Å². The molecule has 3 saturated heterocycles. The summed E-state index contributed by atoms with van der Waals surface area (Å²) in [5.74, 6) is -2.16. The van der Waals surface area contributed by atoms with Gasteiger partial charge in [-0.25, -0.2) is 4.98 Å². The Morgan fingerprint density at radius 2 is 1.52 bits per heavy atom. The molecule has 0 radical (unpaired) electrons. The van der Waals surface area contributed by atoms with Gasteiger partial charge in [-0.1, -0.05) is 24.3 Å². The fraction of sp³-hybridized carbons (Fsp3) is 0.395. The Morgan fingerprint density at radius 3 is 2.16 bits per heavy atom. The number of rotatable bonds is 12. The first kappa shape index (κ1) is 44.6. The molecule has 20 heteroatoms. The van der Waals surface area contributed by atoms with E-state index in [0.717, 1.165) is 30.2 Å². The minimum Gasteiger partial charge on any atom is -0.494 e. The molecule has 334 valence electrons. The number of anilines is 6. The van der Waals surface area contributed by atoms with Gasteiger partial charge in [0, 0.05) is 56.1 Å². The average Bonchev–Trinajstić information content (AvgIpc) is 3.24. The van der Waals surface area contributed by atoms with Crippen LogP contribution < -0.4 is 30.9 Å². The molecule has 63 heavy (non-hydrogen) atoms. The summed E-state index contributed by atoms with van der Waals surface area (Å²) in [6.45, 7) is 3.34. The number of amides is 3. The van der Waals surface area contributed by atoms with Gasteiger partial charge in [-0.2, -0.15) is 31.3 Å². The van der Waals surface area contributed by atoms with Gasteiger partial charge in [-0.15, -0.1) is 0 Å². The zero-order valence-electron chi connectivity index (χ0n) is 34.3. The van der Waals surface area contributed by atoms with Gasteiger partial charge in [0.15, 0.2) is 5.78 Å². The number of nitrogens with zero attached hydrogens (tertiary/aromatic N) is 5. The number of carbonyl (C=O) groups is 4. The Morgan fingerprint density at radius 1 is 0.841 bits per heavy atom. The molecule has 1 atom stereocenters. The third-order valence-corrected chi connectivity index (χ3v) is 11.4. The number of Topliss-reactive ketones (excluding diaryl/α,β-unsaturated/α-hetero) is 1. The number of piperazine rings is 1. The number of halogens is 6. The van der Waals surface area contributed by atoms with Crippen LogP contribution in [0.25, 0.3) is 0 Å². The first-order valence-electron chi connectivity index (χ1n) is 20.3. The number of hydrogen-bond donors (Lipinski definition) is 4. The number of ether oxygens (including phenoxy) is 1. The van der Waals surface area contributed by atoms with Gasteiger partial charge in [0.2, 0.25) is 23.7 Å². The molecule has 1 unspecified atom stereocenters. The smallest absolute Gasteiger partial charge is 0.421 e. The molecular formula is C43H45F6N9O5. The molecule has 14 nitrogen and oxygen atoms in total. The molecule has 3 fully saturated rings. The predicted octanol–water partition coefficient (Wildman–Crippen LogP) is 6.96. The summed E-state index contributed by atoms with van der Waals surface area (Å²) in [6, 6.07) is 15.2. The number of aromatic nitrogens is 2. The second kappa shape index (κ2) is 18.5. The van der Waals surface area contributed by atoms with Crippen LogP contribution in [0.5, 0.6) is 5.75 Å². The number of methoxy groups -OCH3 is 1. The summed E-state index contributed by atoms with van der Waals surface area (Å²) < 4.78 is 91.6. The Labute approximate surface area is 358 Å². The third-order valence-electron chi connectivity index (χ3n) is 11.4. The van der Waals surface area contributed by atoms with Crippen LogP contribution in [-0.4, -0.2) is 102 Å². The van der Waals surface area contributed by atoms with Gasteiger partial charge >= 0.3 is 12.4 Å². The van der Waals surface area contributed by atoms with Crippen LogP contribution in [0.15, 0.2) is 66.9 Å². The maximum absolute atomic E-state index is 14.7. The van der Waals surface area contributed by atoms with Crippen LogP contribution in [0.3, 0.4) is 0 Å². The van der Waals surface area contributed by atoms with Crippen molar-refractivity contribution in [1.29, 1.82) is 0 Å². The molecule has 7 rings (SSSR count). The Balaban J connectivity index is 0.970. The molecule has 4 heterocycles. The second-order valence-corrected chi connectivity index (χ2v) is 15.6. The van der Waals surface area contributed by atoms with Crippen molar-refractivity contribution in [2.24, 2.45) is 0 Å². The van der Waals surface area contributed by atoms with Crippen LogP contribution in [0.4, 0.5) is 60.9 Å². The van der Waals surface area contributed by atoms with Gasteiger partial charge < -0.3 is 30.5 Å². The fourth-order valence-electron chi connectivity index (χ4n) is 8.01. The molecule has 0 spiro atoms. The van der Waals surface area contributed by atoms with Crippen molar-refractivity contribution in [3.05, 3.63) is 89.1 Å². The van der Waals surface area contributed by atoms with Crippen molar-refractivity contribution in [2.45, 2.75) is 56.9 Å². The molecule has 3 aliphatic heterocycles. The van der Waals surface area contributed by atoms with E-state index in [1.165, 1.54) is 49.3 Å². The maximum Gasteiger partial charge on any atom is 0.421 e. The topological polar surface area (TPSA) is 161 Å². The second-order valence-electron chi connectivity index (χ2n) is 15.6.